The number of rotatable bonds is 11. The van der Waals surface area contributed by atoms with Crippen molar-refractivity contribution in [1.29, 1.82) is 0 Å². The maximum Gasteiger partial charge on any atom is 0.206 e. The Bertz CT molecular complexity index is 606. The standard InChI is InChI=1S/C20H27NO4/c1-4-10-21-13-17-11-18(22-2)20(19(12-17)23-3)25-15-24-14-16-8-6-5-7-9-16/h5-9,11-12,21H,4,10,13-15H2,1-3H3. The van der Waals surface area contributed by atoms with Gasteiger partial charge in [0.15, 0.2) is 18.3 Å². The summed E-state index contributed by atoms with van der Waals surface area (Å²) in [4.78, 5) is 0. The number of hydrogen-bond donors (Lipinski definition) is 1. The van der Waals surface area contributed by atoms with E-state index in [4.69, 9.17) is 18.9 Å². The van der Waals surface area contributed by atoms with E-state index in [1.54, 1.807) is 14.2 Å². The fraction of sp³-hybridized carbons (Fsp3) is 0.400. The second kappa shape index (κ2) is 10.6. The van der Waals surface area contributed by atoms with Gasteiger partial charge < -0.3 is 24.3 Å². The van der Waals surface area contributed by atoms with E-state index in [-0.39, 0.29) is 6.79 Å². The average Bonchev–Trinajstić information content (AvgIpc) is 2.66. The third-order valence-corrected chi connectivity index (χ3v) is 3.67. The van der Waals surface area contributed by atoms with Gasteiger partial charge in [0.2, 0.25) is 5.75 Å². The van der Waals surface area contributed by atoms with Gasteiger partial charge in [0, 0.05) is 6.54 Å². The van der Waals surface area contributed by atoms with Gasteiger partial charge in [-0.25, -0.2) is 0 Å². The molecule has 0 bridgehead atoms. The van der Waals surface area contributed by atoms with Gasteiger partial charge in [-0.1, -0.05) is 37.3 Å². The lowest BCUT2D eigenvalue weighted by Gasteiger charge is -2.16. The molecule has 0 aromatic heterocycles. The summed E-state index contributed by atoms with van der Waals surface area (Å²) in [5, 5.41) is 3.37. The Kier molecular flexibility index (Phi) is 8.09. The lowest BCUT2D eigenvalue weighted by atomic mass is 10.1. The molecule has 0 unspecified atom stereocenters. The molecule has 2 aromatic rings. The smallest absolute Gasteiger partial charge is 0.206 e. The van der Waals surface area contributed by atoms with Crippen molar-refractivity contribution in [3.8, 4) is 17.2 Å². The van der Waals surface area contributed by atoms with Gasteiger partial charge in [-0.2, -0.15) is 0 Å². The zero-order valence-electron chi connectivity index (χ0n) is 15.2. The summed E-state index contributed by atoms with van der Waals surface area (Å²) < 4.78 is 22.3. The second-order valence-corrected chi connectivity index (χ2v) is 5.60. The van der Waals surface area contributed by atoms with E-state index in [9.17, 15) is 0 Å². The van der Waals surface area contributed by atoms with Crippen LogP contribution >= 0.6 is 0 Å². The van der Waals surface area contributed by atoms with Crippen LogP contribution in [-0.2, 0) is 17.9 Å². The Balaban J connectivity index is 1.97. The Morgan fingerprint density at radius 1 is 0.920 bits per heavy atom. The molecule has 0 amide bonds. The molecule has 0 atom stereocenters. The molecular formula is C20H27NO4. The first kappa shape index (κ1) is 19.1. The number of ether oxygens (including phenoxy) is 4. The highest BCUT2D eigenvalue weighted by Crippen LogP contribution is 2.38. The van der Waals surface area contributed by atoms with Crippen molar-refractivity contribution >= 4 is 0 Å². The molecular weight excluding hydrogens is 318 g/mol. The van der Waals surface area contributed by atoms with Crippen LogP contribution in [0.4, 0.5) is 0 Å². The van der Waals surface area contributed by atoms with Gasteiger partial charge >= 0.3 is 0 Å². The topological polar surface area (TPSA) is 49.0 Å². The molecule has 0 aliphatic heterocycles. The highest BCUT2D eigenvalue weighted by Gasteiger charge is 2.14. The molecule has 2 aromatic carbocycles. The van der Waals surface area contributed by atoms with Crippen molar-refractivity contribution in [3.05, 3.63) is 53.6 Å². The summed E-state index contributed by atoms with van der Waals surface area (Å²) in [6.07, 6.45) is 1.09. The average molecular weight is 345 g/mol. The minimum absolute atomic E-state index is 0.120. The Labute approximate surface area is 149 Å². The third-order valence-electron chi connectivity index (χ3n) is 3.67. The van der Waals surface area contributed by atoms with Crippen LogP contribution in [0.5, 0.6) is 17.2 Å². The van der Waals surface area contributed by atoms with E-state index < -0.39 is 0 Å². The van der Waals surface area contributed by atoms with Crippen molar-refractivity contribution in [1.82, 2.24) is 5.32 Å². The van der Waals surface area contributed by atoms with E-state index in [0.29, 0.717) is 23.9 Å². The van der Waals surface area contributed by atoms with Crippen molar-refractivity contribution in [3.63, 3.8) is 0 Å². The van der Waals surface area contributed by atoms with Crippen molar-refractivity contribution in [2.24, 2.45) is 0 Å². The lowest BCUT2D eigenvalue weighted by Crippen LogP contribution is -2.14. The molecule has 0 aliphatic rings. The quantitative estimate of drug-likeness (QED) is 0.496. The first-order chi connectivity index (χ1) is 12.3. The van der Waals surface area contributed by atoms with Gasteiger partial charge in [0.25, 0.3) is 0 Å². The predicted octanol–water partition coefficient (Wildman–Crippen LogP) is 3.76. The minimum atomic E-state index is 0.120. The maximum absolute atomic E-state index is 5.76. The molecule has 1 N–H and O–H groups in total. The monoisotopic (exact) mass is 345 g/mol. The van der Waals surface area contributed by atoms with Crippen LogP contribution in [0.15, 0.2) is 42.5 Å². The molecule has 0 heterocycles. The van der Waals surface area contributed by atoms with Gasteiger partial charge in [0.1, 0.15) is 0 Å². The van der Waals surface area contributed by atoms with Crippen molar-refractivity contribution in [2.75, 3.05) is 27.6 Å². The van der Waals surface area contributed by atoms with Crippen molar-refractivity contribution in [2.45, 2.75) is 26.5 Å². The zero-order valence-corrected chi connectivity index (χ0v) is 15.2. The molecule has 0 aliphatic carbocycles. The molecule has 0 saturated heterocycles. The molecule has 0 saturated carbocycles. The molecule has 5 nitrogen and oxygen atoms in total. The van der Waals surface area contributed by atoms with Crippen LogP contribution in [0.1, 0.15) is 24.5 Å². The number of benzene rings is 2. The molecule has 5 heteroatoms. The molecule has 25 heavy (non-hydrogen) atoms. The molecule has 0 spiro atoms. The number of methoxy groups -OCH3 is 2. The molecule has 0 radical (unpaired) electrons. The van der Waals surface area contributed by atoms with Crippen LogP contribution in [0.25, 0.3) is 0 Å². The summed E-state index contributed by atoms with van der Waals surface area (Å²) in [6.45, 7) is 4.47. The largest absolute Gasteiger partial charge is 0.493 e. The van der Waals surface area contributed by atoms with Crippen LogP contribution in [-0.4, -0.2) is 27.6 Å². The highest BCUT2D eigenvalue weighted by molar-refractivity contribution is 5.53. The Morgan fingerprint density at radius 3 is 2.20 bits per heavy atom. The van der Waals surface area contributed by atoms with E-state index in [0.717, 1.165) is 30.6 Å². The van der Waals surface area contributed by atoms with Gasteiger partial charge in [-0.15, -0.1) is 0 Å². The summed E-state index contributed by atoms with van der Waals surface area (Å²) >= 11 is 0. The van der Waals surface area contributed by atoms with Crippen molar-refractivity contribution < 1.29 is 18.9 Å². The predicted molar refractivity (Wildman–Crippen MR) is 98.3 cm³/mol. The SMILES string of the molecule is CCCNCc1cc(OC)c(OCOCc2ccccc2)c(OC)c1. The van der Waals surface area contributed by atoms with E-state index in [2.05, 4.69) is 12.2 Å². The fourth-order valence-electron chi connectivity index (χ4n) is 2.42. The summed E-state index contributed by atoms with van der Waals surface area (Å²) in [5.41, 5.74) is 2.18. The Morgan fingerprint density at radius 2 is 1.60 bits per heavy atom. The van der Waals surface area contributed by atoms with Crippen LogP contribution < -0.4 is 19.5 Å². The van der Waals surface area contributed by atoms with Crippen LogP contribution in [0.3, 0.4) is 0 Å². The maximum atomic E-state index is 5.76. The zero-order chi connectivity index (χ0) is 17.9. The van der Waals surface area contributed by atoms with Crippen LogP contribution in [0.2, 0.25) is 0 Å². The Hall–Kier alpha value is -2.24. The lowest BCUT2D eigenvalue weighted by molar-refractivity contribution is 0.00240. The molecule has 0 fully saturated rings. The summed E-state index contributed by atoms with van der Waals surface area (Å²) in [7, 11) is 3.24. The second-order valence-electron chi connectivity index (χ2n) is 5.60. The fourth-order valence-corrected chi connectivity index (χ4v) is 2.42. The minimum Gasteiger partial charge on any atom is -0.493 e. The van der Waals surface area contributed by atoms with Gasteiger partial charge in [-0.05, 0) is 36.2 Å². The highest BCUT2D eigenvalue weighted by atomic mass is 16.7. The van der Waals surface area contributed by atoms with E-state index in [1.165, 1.54) is 0 Å². The first-order valence-electron chi connectivity index (χ1n) is 8.48. The van der Waals surface area contributed by atoms with Gasteiger partial charge in [-0.3, -0.25) is 0 Å². The number of nitrogens with one attached hydrogen (secondary N) is 1. The molecule has 2 rings (SSSR count). The van der Waals surface area contributed by atoms with Gasteiger partial charge in [0.05, 0.1) is 20.8 Å². The summed E-state index contributed by atoms with van der Waals surface area (Å²) in [6, 6.07) is 13.9. The summed E-state index contributed by atoms with van der Waals surface area (Å²) in [5.74, 6) is 1.82. The van der Waals surface area contributed by atoms with E-state index >= 15 is 0 Å². The first-order valence-corrected chi connectivity index (χ1v) is 8.48. The normalized spacial score (nSPS) is 10.5. The van der Waals surface area contributed by atoms with Crippen LogP contribution in [0, 0.1) is 0 Å². The third kappa shape index (κ3) is 5.96. The molecule has 136 valence electrons. The number of hydrogen-bond acceptors (Lipinski definition) is 5. The van der Waals surface area contributed by atoms with E-state index in [1.807, 2.05) is 42.5 Å².